The van der Waals surface area contributed by atoms with Crippen LogP contribution in [0.3, 0.4) is 0 Å². The average Bonchev–Trinajstić information content (AvgIpc) is 3.15. The number of rotatable bonds is 3. The van der Waals surface area contributed by atoms with E-state index in [-0.39, 0.29) is 30.7 Å². The van der Waals surface area contributed by atoms with Crippen molar-refractivity contribution in [3.05, 3.63) is 46.8 Å². The number of carbonyl (C=O) groups is 1. The first-order valence-electron chi connectivity index (χ1n) is 7.40. The lowest BCUT2D eigenvalue weighted by atomic mass is 10.1. The molecule has 0 bridgehead atoms. The first kappa shape index (κ1) is 16.4. The zero-order valence-corrected chi connectivity index (χ0v) is 13.5. The van der Waals surface area contributed by atoms with Crippen LogP contribution in [0.15, 0.2) is 18.2 Å². The highest BCUT2D eigenvalue weighted by Gasteiger charge is 2.21. The fraction of sp³-hybridized carbons (Fsp3) is 0.267. The summed E-state index contributed by atoms with van der Waals surface area (Å²) >= 11 is 0. The number of imidazole rings is 1. The van der Waals surface area contributed by atoms with Crippen molar-refractivity contribution < 1.29 is 9.18 Å². The lowest BCUT2D eigenvalue weighted by Gasteiger charge is -2.12. The first-order chi connectivity index (χ1) is 11.2. The molecule has 9 heteroatoms. The molecule has 1 aliphatic rings. The SMILES string of the molecule is Cl.O=C(NCc1nc2ccc(F)cc2[nH]1)c1n[nH]c2c1CNCC2. The number of halogens is 2. The van der Waals surface area contributed by atoms with Gasteiger partial charge in [-0.05, 0) is 18.2 Å². The van der Waals surface area contributed by atoms with E-state index in [1.807, 2.05) is 0 Å². The number of aromatic nitrogens is 4. The molecule has 1 aliphatic heterocycles. The number of nitrogens with one attached hydrogen (secondary N) is 4. The van der Waals surface area contributed by atoms with Gasteiger partial charge in [0.1, 0.15) is 11.6 Å². The van der Waals surface area contributed by atoms with Crippen molar-refractivity contribution in [1.29, 1.82) is 0 Å². The summed E-state index contributed by atoms with van der Waals surface area (Å²) < 4.78 is 13.2. The van der Waals surface area contributed by atoms with Crippen LogP contribution in [0.1, 0.15) is 27.6 Å². The molecule has 0 unspecified atom stereocenters. The van der Waals surface area contributed by atoms with E-state index in [2.05, 4.69) is 30.8 Å². The molecule has 0 saturated carbocycles. The van der Waals surface area contributed by atoms with Crippen LogP contribution < -0.4 is 10.6 Å². The van der Waals surface area contributed by atoms with Crippen molar-refractivity contribution in [2.45, 2.75) is 19.5 Å². The zero-order valence-electron chi connectivity index (χ0n) is 12.6. The Kier molecular flexibility index (Phi) is 4.50. The number of benzene rings is 1. The second-order valence-corrected chi connectivity index (χ2v) is 5.48. The maximum absolute atomic E-state index is 13.2. The summed E-state index contributed by atoms with van der Waals surface area (Å²) in [4.78, 5) is 19.6. The predicted octanol–water partition coefficient (Wildman–Crippen LogP) is 1.42. The number of aromatic amines is 2. The van der Waals surface area contributed by atoms with E-state index in [1.165, 1.54) is 12.1 Å². The second-order valence-electron chi connectivity index (χ2n) is 5.48. The number of carbonyl (C=O) groups excluding carboxylic acids is 1. The van der Waals surface area contributed by atoms with Crippen LogP contribution in [-0.2, 0) is 19.5 Å². The van der Waals surface area contributed by atoms with Crippen LogP contribution in [0.2, 0.25) is 0 Å². The third-order valence-electron chi connectivity index (χ3n) is 3.93. The predicted molar refractivity (Wildman–Crippen MR) is 88.5 cm³/mol. The molecule has 0 spiro atoms. The van der Waals surface area contributed by atoms with Crippen molar-refractivity contribution in [2.24, 2.45) is 0 Å². The van der Waals surface area contributed by atoms with E-state index in [1.54, 1.807) is 6.07 Å². The zero-order chi connectivity index (χ0) is 15.8. The largest absolute Gasteiger partial charge is 0.343 e. The summed E-state index contributed by atoms with van der Waals surface area (Å²) in [5.74, 6) is -0.00768. The van der Waals surface area contributed by atoms with Crippen LogP contribution >= 0.6 is 12.4 Å². The molecule has 2 aromatic heterocycles. The third-order valence-corrected chi connectivity index (χ3v) is 3.93. The Morgan fingerprint density at radius 3 is 3.12 bits per heavy atom. The number of fused-ring (bicyclic) bond motifs is 2. The number of hydrogen-bond donors (Lipinski definition) is 4. The fourth-order valence-corrected chi connectivity index (χ4v) is 2.78. The van der Waals surface area contributed by atoms with E-state index in [0.717, 1.165) is 24.2 Å². The highest BCUT2D eigenvalue weighted by atomic mass is 35.5. The van der Waals surface area contributed by atoms with Crippen molar-refractivity contribution in [3.8, 4) is 0 Å². The molecule has 3 heterocycles. The number of H-pyrrole nitrogens is 2. The van der Waals surface area contributed by atoms with Gasteiger partial charge in [-0.25, -0.2) is 9.37 Å². The molecule has 0 atom stereocenters. The van der Waals surface area contributed by atoms with Crippen molar-refractivity contribution in [1.82, 2.24) is 30.8 Å². The highest BCUT2D eigenvalue weighted by Crippen LogP contribution is 2.16. The summed E-state index contributed by atoms with van der Waals surface area (Å²) in [5.41, 5.74) is 3.61. The molecule has 0 radical (unpaired) electrons. The molecule has 0 aliphatic carbocycles. The van der Waals surface area contributed by atoms with Gasteiger partial charge in [0.2, 0.25) is 0 Å². The highest BCUT2D eigenvalue weighted by molar-refractivity contribution is 5.94. The van der Waals surface area contributed by atoms with Crippen molar-refractivity contribution in [2.75, 3.05) is 6.54 Å². The minimum Gasteiger partial charge on any atom is -0.343 e. The molecular formula is C15H16ClFN6O. The maximum Gasteiger partial charge on any atom is 0.272 e. The summed E-state index contributed by atoms with van der Waals surface area (Å²) in [6.07, 6.45) is 0.838. The van der Waals surface area contributed by atoms with Crippen LogP contribution in [0.5, 0.6) is 0 Å². The van der Waals surface area contributed by atoms with Gasteiger partial charge < -0.3 is 15.6 Å². The topological polar surface area (TPSA) is 98.5 Å². The number of nitrogens with zero attached hydrogens (tertiary/aromatic N) is 2. The Morgan fingerprint density at radius 2 is 2.25 bits per heavy atom. The minimum absolute atomic E-state index is 0. The summed E-state index contributed by atoms with van der Waals surface area (Å²) in [7, 11) is 0. The Morgan fingerprint density at radius 1 is 1.38 bits per heavy atom. The van der Waals surface area contributed by atoms with E-state index >= 15 is 0 Å². The van der Waals surface area contributed by atoms with Gasteiger partial charge in [0.05, 0.1) is 17.6 Å². The van der Waals surface area contributed by atoms with Gasteiger partial charge in [0.15, 0.2) is 5.69 Å². The molecular weight excluding hydrogens is 335 g/mol. The smallest absolute Gasteiger partial charge is 0.272 e. The minimum atomic E-state index is -0.326. The van der Waals surface area contributed by atoms with Crippen molar-refractivity contribution in [3.63, 3.8) is 0 Å². The number of amides is 1. The Bertz CT molecular complexity index is 889. The molecule has 126 valence electrons. The molecule has 0 fully saturated rings. The lowest BCUT2D eigenvalue weighted by molar-refractivity contribution is 0.0944. The molecule has 24 heavy (non-hydrogen) atoms. The first-order valence-corrected chi connectivity index (χ1v) is 7.40. The fourth-order valence-electron chi connectivity index (χ4n) is 2.78. The molecule has 4 N–H and O–H groups in total. The summed E-state index contributed by atoms with van der Waals surface area (Å²) in [5, 5.41) is 13.0. The lowest BCUT2D eigenvalue weighted by Crippen LogP contribution is -2.28. The van der Waals surface area contributed by atoms with Gasteiger partial charge in [-0.3, -0.25) is 9.89 Å². The molecule has 3 aromatic rings. The summed E-state index contributed by atoms with van der Waals surface area (Å²) in [6.45, 7) is 1.74. The number of hydrogen-bond acceptors (Lipinski definition) is 4. The third kappa shape index (κ3) is 2.98. The van der Waals surface area contributed by atoms with E-state index < -0.39 is 0 Å². The quantitative estimate of drug-likeness (QED) is 0.574. The molecule has 4 rings (SSSR count). The Hall–Kier alpha value is -2.45. The Labute approximate surface area is 142 Å². The maximum atomic E-state index is 13.2. The van der Waals surface area contributed by atoms with Crippen molar-refractivity contribution >= 4 is 29.3 Å². The molecule has 1 amide bonds. The van der Waals surface area contributed by atoms with Crippen LogP contribution in [0.4, 0.5) is 4.39 Å². The van der Waals surface area contributed by atoms with Crippen LogP contribution in [0.25, 0.3) is 11.0 Å². The van der Waals surface area contributed by atoms with Gasteiger partial charge in [0.25, 0.3) is 5.91 Å². The van der Waals surface area contributed by atoms with E-state index in [0.29, 0.717) is 29.1 Å². The normalized spacial score (nSPS) is 13.4. The van der Waals surface area contributed by atoms with Gasteiger partial charge in [-0.1, -0.05) is 0 Å². The monoisotopic (exact) mass is 350 g/mol. The van der Waals surface area contributed by atoms with Crippen LogP contribution in [-0.4, -0.2) is 32.6 Å². The van der Waals surface area contributed by atoms with Gasteiger partial charge in [0, 0.05) is 30.8 Å². The molecule has 0 saturated heterocycles. The summed E-state index contributed by atoms with van der Waals surface area (Å²) in [6, 6.07) is 4.33. The Balaban J connectivity index is 0.00000169. The van der Waals surface area contributed by atoms with Crippen LogP contribution in [0, 0.1) is 5.82 Å². The van der Waals surface area contributed by atoms with Gasteiger partial charge in [-0.15, -0.1) is 12.4 Å². The van der Waals surface area contributed by atoms with Gasteiger partial charge >= 0.3 is 0 Å². The van der Waals surface area contributed by atoms with Gasteiger partial charge in [-0.2, -0.15) is 5.10 Å². The standard InChI is InChI=1S/C15H15FN6O.ClH/c16-8-1-2-11-12(5-8)20-13(19-11)7-18-15(23)14-9-6-17-4-3-10(9)21-22-14;/h1-2,5,17H,3-4,6-7H2,(H,18,23)(H,19,20)(H,21,22);1H. The van der Waals surface area contributed by atoms with E-state index in [4.69, 9.17) is 0 Å². The molecule has 7 nitrogen and oxygen atoms in total. The molecule has 1 aromatic carbocycles. The second kappa shape index (κ2) is 6.58. The van der Waals surface area contributed by atoms with E-state index in [9.17, 15) is 9.18 Å². The average molecular weight is 351 g/mol.